The summed E-state index contributed by atoms with van der Waals surface area (Å²) in [5.74, 6) is 0.495. The number of ether oxygens (including phenoxy) is 1. The standard InChI is InChI=1S/C25H23N3O4S/c1-28-23(29)25(27-24(28)26)15-22(16-7-4-3-5-8-16)32-21-12-11-18(14-20(21)25)17-9-6-10-19(13-17)33(2,30)31/h3-14,22H,15H2,1-2H3,(H2,26,27). The van der Waals surface area contributed by atoms with Crippen molar-refractivity contribution in [3.8, 4) is 16.9 Å². The lowest BCUT2D eigenvalue weighted by atomic mass is 9.79. The second kappa shape index (κ2) is 7.45. The molecule has 2 aliphatic heterocycles. The van der Waals surface area contributed by atoms with E-state index in [1.807, 2.05) is 54.6 Å². The number of guanidine groups is 1. The second-order valence-corrected chi connectivity index (χ2v) is 10.4. The average molecular weight is 462 g/mol. The van der Waals surface area contributed by atoms with E-state index in [-0.39, 0.29) is 22.9 Å². The van der Waals surface area contributed by atoms with Gasteiger partial charge in [0.25, 0.3) is 5.91 Å². The third-order valence-electron chi connectivity index (χ3n) is 6.25. The molecule has 0 saturated carbocycles. The third kappa shape index (κ3) is 3.47. The molecule has 168 valence electrons. The molecule has 0 fully saturated rings. The summed E-state index contributed by atoms with van der Waals surface area (Å²) in [7, 11) is -1.74. The summed E-state index contributed by atoms with van der Waals surface area (Å²) in [6, 6.07) is 22.0. The fourth-order valence-electron chi connectivity index (χ4n) is 4.48. The molecule has 3 aromatic rings. The number of carbonyl (C=O) groups is 1. The maximum atomic E-state index is 13.5. The highest BCUT2D eigenvalue weighted by Crippen LogP contribution is 2.50. The summed E-state index contributed by atoms with van der Waals surface area (Å²) in [6.07, 6.45) is 1.11. The van der Waals surface area contributed by atoms with Crippen molar-refractivity contribution in [2.75, 3.05) is 13.3 Å². The first-order chi connectivity index (χ1) is 15.7. The first-order valence-corrected chi connectivity index (χ1v) is 12.4. The van der Waals surface area contributed by atoms with E-state index in [0.29, 0.717) is 17.7 Å². The van der Waals surface area contributed by atoms with Crippen molar-refractivity contribution in [1.29, 1.82) is 0 Å². The molecule has 33 heavy (non-hydrogen) atoms. The number of hydrogen-bond donors (Lipinski definition) is 1. The maximum absolute atomic E-state index is 13.5. The maximum Gasteiger partial charge on any atom is 0.261 e. The van der Waals surface area contributed by atoms with Crippen LogP contribution in [-0.4, -0.2) is 38.5 Å². The summed E-state index contributed by atoms with van der Waals surface area (Å²) < 4.78 is 30.4. The van der Waals surface area contributed by atoms with E-state index in [1.54, 1.807) is 25.2 Å². The summed E-state index contributed by atoms with van der Waals surface area (Å²) in [5, 5.41) is 0. The number of carbonyl (C=O) groups excluding carboxylic acids is 1. The van der Waals surface area contributed by atoms with Crippen LogP contribution in [0.15, 0.2) is 82.7 Å². The zero-order valence-corrected chi connectivity index (χ0v) is 19.0. The van der Waals surface area contributed by atoms with Gasteiger partial charge in [-0.3, -0.25) is 9.69 Å². The van der Waals surface area contributed by atoms with E-state index < -0.39 is 15.4 Å². The molecule has 7 nitrogen and oxygen atoms in total. The Balaban J connectivity index is 1.67. The van der Waals surface area contributed by atoms with Crippen molar-refractivity contribution in [2.45, 2.75) is 23.0 Å². The van der Waals surface area contributed by atoms with Crippen molar-refractivity contribution in [3.63, 3.8) is 0 Å². The van der Waals surface area contributed by atoms with Crippen LogP contribution >= 0.6 is 0 Å². The van der Waals surface area contributed by atoms with Crippen LogP contribution in [0.25, 0.3) is 11.1 Å². The van der Waals surface area contributed by atoms with Gasteiger partial charge in [-0.1, -0.05) is 48.5 Å². The number of nitrogens with two attached hydrogens (primary N) is 1. The van der Waals surface area contributed by atoms with Gasteiger partial charge in [0, 0.05) is 25.3 Å². The summed E-state index contributed by atoms with van der Waals surface area (Å²) in [4.78, 5) is 19.7. The molecule has 0 radical (unpaired) electrons. The summed E-state index contributed by atoms with van der Waals surface area (Å²) >= 11 is 0. The van der Waals surface area contributed by atoms with Gasteiger partial charge in [0.2, 0.25) is 0 Å². The Morgan fingerprint density at radius 3 is 2.42 bits per heavy atom. The van der Waals surface area contributed by atoms with Gasteiger partial charge < -0.3 is 10.5 Å². The molecule has 2 N–H and O–H groups in total. The van der Waals surface area contributed by atoms with Crippen LogP contribution in [0.2, 0.25) is 0 Å². The first kappa shape index (κ1) is 21.2. The Morgan fingerprint density at radius 1 is 1.03 bits per heavy atom. The number of likely N-dealkylation sites (N-methyl/N-ethyl adjacent to an activating group) is 1. The van der Waals surface area contributed by atoms with Crippen LogP contribution in [0.5, 0.6) is 5.75 Å². The van der Waals surface area contributed by atoms with Crippen molar-refractivity contribution >= 4 is 21.7 Å². The lowest BCUT2D eigenvalue weighted by Gasteiger charge is -2.37. The van der Waals surface area contributed by atoms with E-state index in [4.69, 9.17) is 10.5 Å². The van der Waals surface area contributed by atoms with E-state index in [1.165, 1.54) is 11.2 Å². The molecule has 2 atom stereocenters. The van der Waals surface area contributed by atoms with Crippen LogP contribution in [0.1, 0.15) is 23.7 Å². The smallest absolute Gasteiger partial charge is 0.261 e. The van der Waals surface area contributed by atoms with Gasteiger partial charge in [-0.25, -0.2) is 13.4 Å². The molecule has 1 amide bonds. The topological polar surface area (TPSA) is 102 Å². The Hall–Kier alpha value is -3.65. The normalized spacial score (nSPS) is 22.1. The summed E-state index contributed by atoms with van der Waals surface area (Å²) in [5.41, 5.74) is 7.92. The van der Waals surface area contributed by atoms with Crippen LogP contribution in [0.3, 0.4) is 0 Å². The number of fused-ring (bicyclic) bond motifs is 2. The molecular weight excluding hydrogens is 438 g/mol. The zero-order valence-electron chi connectivity index (χ0n) is 18.2. The molecule has 0 aromatic heterocycles. The van der Waals surface area contributed by atoms with Gasteiger partial charge in [-0.05, 0) is 41.0 Å². The SMILES string of the molecule is CN1C(=O)C2(CC(c3ccccc3)Oc3ccc(-c4cccc(S(C)(=O)=O)c4)cc32)N=C1N. The van der Waals surface area contributed by atoms with Crippen LogP contribution in [0.4, 0.5) is 0 Å². The number of sulfone groups is 1. The minimum Gasteiger partial charge on any atom is -0.485 e. The van der Waals surface area contributed by atoms with Crippen molar-refractivity contribution < 1.29 is 17.9 Å². The van der Waals surface area contributed by atoms with E-state index in [0.717, 1.165) is 16.7 Å². The predicted octanol–water partition coefficient (Wildman–Crippen LogP) is 3.26. The molecule has 0 aliphatic carbocycles. The Bertz CT molecular complexity index is 1400. The minimum atomic E-state index is -3.36. The number of amides is 1. The highest BCUT2D eigenvalue weighted by molar-refractivity contribution is 7.90. The van der Waals surface area contributed by atoms with E-state index in [9.17, 15) is 13.2 Å². The molecule has 3 aromatic carbocycles. The molecule has 8 heteroatoms. The molecule has 5 rings (SSSR count). The monoisotopic (exact) mass is 461 g/mol. The lowest BCUT2D eigenvalue weighted by Crippen LogP contribution is -2.43. The number of nitrogens with zero attached hydrogens (tertiary/aromatic N) is 2. The number of rotatable bonds is 3. The van der Waals surface area contributed by atoms with Gasteiger partial charge in [-0.15, -0.1) is 0 Å². The number of hydrogen-bond acceptors (Lipinski definition) is 6. The Morgan fingerprint density at radius 2 is 1.76 bits per heavy atom. The molecule has 2 aliphatic rings. The van der Waals surface area contributed by atoms with E-state index in [2.05, 4.69) is 4.99 Å². The van der Waals surface area contributed by atoms with Crippen molar-refractivity contribution in [2.24, 2.45) is 10.7 Å². The lowest BCUT2D eigenvalue weighted by molar-refractivity contribution is -0.132. The van der Waals surface area contributed by atoms with Crippen LogP contribution in [-0.2, 0) is 20.2 Å². The third-order valence-corrected chi connectivity index (χ3v) is 7.36. The van der Waals surface area contributed by atoms with Crippen LogP contribution < -0.4 is 10.5 Å². The van der Waals surface area contributed by atoms with Gasteiger partial charge in [-0.2, -0.15) is 0 Å². The largest absolute Gasteiger partial charge is 0.485 e. The van der Waals surface area contributed by atoms with Crippen molar-refractivity contribution in [1.82, 2.24) is 4.90 Å². The number of benzene rings is 3. The van der Waals surface area contributed by atoms with Gasteiger partial charge >= 0.3 is 0 Å². The van der Waals surface area contributed by atoms with Gasteiger partial charge in [0.15, 0.2) is 21.3 Å². The Labute approximate surface area is 192 Å². The summed E-state index contributed by atoms with van der Waals surface area (Å²) in [6.45, 7) is 0. The zero-order chi connectivity index (χ0) is 23.4. The van der Waals surface area contributed by atoms with Crippen molar-refractivity contribution in [3.05, 3.63) is 83.9 Å². The second-order valence-electron chi connectivity index (χ2n) is 8.43. The highest BCUT2D eigenvalue weighted by Gasteiger charge is 2.53. The Kier molecular flexibility index (Phi) is 4.79. The molecule has 1 spiro atoms. The molecule has 0 saturated heterocycles. The molecule has 2 heterocycles. The fourth-order valence-corrected chi connectivity index (χ4v) is 5.14. The molecule has 2 unspecified atom stereocenters. The van der Waals surface area contributed by atoms with Crippen LogP contribution in [0, 0.1) is 0 Å². The molecule has 0 bridgehead atoms. The highest BCUT2D eigenvalue weighted by atomic mass is 32.2. The van der Waals surface area contributed by atoms with Gasteiger partial charge in [0.1, 0.15) is 11.9 Å². The first-order valence-electron chi connectivity index (χ1n) is 10.5. The minimum absolute atomic E-state index is 0.157. The average Bonchev–Trinajstić information content (AvgIpc) is 3.02. The fraction of sp³-hybridized carbons (Fsp3) is 0.200. The van der Waals surface area contributed by atoms with E-state index >= 15 is 0 Å². The van der Waals surface area contributed by atoms with Gasteiger partial charge in [0.05, 0.1) is 4.90 Å². The number of aliphatic imine (C=N–C) groups is 1. The molecular formula is C25H23N3O4S. The predicted molar refractivity (Wildman–Crippen MR) is 125 cm³/mol. The quantitative estimate of drug-likeness (QED) is 0.645.